The number of rotatable bonds is 4. The first-order valence-electron chi connectivity index (χ1n) is 10.1. The summed E-state index contributed by atoms with van der Waals surface area (Å²) in [7, 11) is 5.19. The molecule has 1 aliphatic rings. The average Bonchev–Trinajstić information content (AvgIpc) is 2.83. The summed E-state index contributed by atoms with van der Waals surface area (Å²) in [4.78, 5) is 21.2. The van der Waals surface area contributed by atoms with Crippen LogP contribution in [0.3, 0.4) is 0 Å². The SMILES string of the molecule is CN(c1ccncc1)c1ccc2c(c1)CCCC2.CNc1cnccc1C(=O)OC. The van der Waals surface area contributed by atoms with Gasteiger partial charge in [0.2, 0.25) is 0 Å². The van der Waals surface area contributed by atoms with Crippen LogP contribution in [0.15, 0.2) is 61.2 Å². The Hall–Kier alpha value is -3.41. The zero-order valence-electron chi connectivity index (χ0n) is 17.8. The maximum absolute atomic E-state index is 11.1. The van der Waals surface area contributed by atoms with Crippen molar-refractivity contribution in [3.8, 4) is 0 Å². The van der Waals surface area contributed by atoms with Crippen molar-refractivity contribution in [1.82, 2.24) is 9.97 Å². The van der Waals surface area contributed by atoms with Crippen LogP contribution in [0, 0.1) is 0 Å². The van der Waals surface area contributed by atoms with Crippen LogP contribution in [0.5, 0.6) is 0 Å². The number of nitrogens with one attached hydrogen (secondary N) is 1. The molecule has 3 aromatic rings. The van der Waals surface area contributed by atoms with Gasteiger partial charge in [0.15, 0.2) is 0 Å². The van der Waals surface area contributed by atoms with Crippen LogP contribution < -0.4 is 10.2 Å². The smallest absolute Gasteiger partial charge is 0.340 e. The number of nitrogens with zero attached hydrogens (tertiary/aromatic N) is 3. The third-order valence-corrected chi connectivity index (χ3v) is 5.27. The summed E-state index contributed by atoms with van der Waals surface area (Å²) in [6.45, 7) is 0. The quantitative estimate of drug-likeness (QED) is 0.639. The predicted molar refractivity (Wildman–Crippen MR) is 121 cm³/mol. The van der Waals surface area contributed by atoms with Gasteiger partial charge >= 0.3 is 5.97 Å². The van der Waals surface area contributed by atoms with Crippen LogP contribution in [-0.4, -0.2) is 37.1 Å². The Morgan fingerprint density at radius 3 is 2.37 bits per heavy atom. The number of esters is 1. The van der Waals surface area contributed by atoms with E-state index in [2.05, 4.69) is 50.2 Å². The molecule has 4 rings (SSSR count). The van der Waals surface area contributed by atoms with E-state index >= 15 is 0 Å². The molecule has 2 heterocycles. The highest BCUT2D eigenvalue weighted by atomic mass is 16.5. The first-order valence-corrected chi connectivity index (χ1v) is 10.1. The molecule has 6 nitrogen and oxygen atoms in total. The van der Waals surface area contributed by atoms with Gasteiger partial charge in [0.25, 0.3) is 0 Å². The number of benzene rings is 1. The Morgan fingerprint density at radius 2 is 1.67 bits per heavy atom. The molecule has 0 spiro atoms. The molecule has 0 radical (unpaired) electrons. The molecule has 156 valence electrons. The van der Waals surface area contributed by atoms with Gasteiger partial charge in [0.1, 0.15) is 0 Å². The minimum atomic E-state index is -0.359. The molecule has 1 aromatic carbocycles. The van der Waals surface area contributed by atoms with Gasteiger partial charge < -0.3 is 15.0 Å². The van der Waals surface area contributed by atoms with E-state index in [1.165, 1.54) is 55.3 Å². The minimum absolute atomic E-state index is 0.359. The average molecular weight is 405 g/mol. The fourth-order valence-electron chi connectivity index (χ4n) is 3.53. The molecule has 0 aliphatic heterocycles. The number of ether oxygens (including phenoxy) is 1. The van der Waals surface area contributed by atoms with Crippen molar-refractivity contribution in [2.45, 2.75) is 25.7 Å². The van der Waals surface area contributed by atoms with Crippen molar-refractivity contribution < 1.29 is 9.53 Å². The molecular formula is C24H28N4O2. The molecule has 1 N–H and O–H groups in total. The number of hydrogen-bond donors (Lipinski definition) is 1. The lowest BCUT2D eigenvalue weighted by Gasteiger charge is -2.23. The van der Waals surface area contributed by atoms with Gasteiger partial charge in [-0.25, -0.2) is 4.79 Å². The molecule has 0 atom stereocenters. The van der Waals surface area contributed by atoms with Crippen molar-refractivity contribution in [3.63, 3.8) is 0 Å². The van der Waals surface area contributed by atoms with Gasteiger partial charge in [-0.2, -0.15) is 0 Å². The molecule has 1 aliphatic carbocycles. The summed E-state index contributed by atoms with van der Waals surface area (Å²) in [5, 5.41) is 2.85. The number of anilines is 3. The van der Waals surface area contributed by atoms with Crippen molar-refractivity contribution >= 4 is 23.0 Å². The van der Waals surface area contributed by atoms with Gasteiger partial charge in [0, 0.05) is 44.1 Å². The van der Waals surface area contributed by atoms with Crippen LogP contribution in [0.1, 0.15) is 34.3 Å². The second kappa shape index (κ2) is 10.4. The van der Waals surface area contributed by atoms with Gasteiger partial charge in [0.05, 0.1) is 24.6 Å². The fraction of sp³-hybridized carbons (Fsp3) is 0.292. The van der Waals surface area contributed by atoms with Crippen molar-refractivity contribution in [1.29, 1.82) is 0 Å². The molecule has 6 heteroatoms. The first-order chi connectivity index (χ1) is 14.6. The molecule has 0 saturated heterocycles. The zero-order valence-corrected chi connectivity index (χ0v) is 17.8. The Morgan fingerprint density at radius 1 is 0.967 bits per heavy atom. The topological polar surface area (TPSA) is 67.4 Å². The summed E-state index contributed by atoms with van der Waals surface area (Å²) in [6, 6.07) is 12.6. The van der Waals surface area contributed by atoms with E-state index in [4.69, 9.17) is 0 Å². The largest absolute Gasteiger partial charge is 0.465 e. The lowest BCUT2D eigenvalue weighted by molar-refractivity contribution is 0.0601. The third-order valence-electron chi connectivity index (χ3n) is 5.27. The highest BCUT2D eigenvalue weighted by Crippen LogP contribution is 2.28. The first kappa shape index (κ1) is 21.3. The zero-order chi connectivity index (χ0) is 21.3. The monoisotopic (exact) mass is 404 g/mol. The number of carbonyl (C=O) groups excluding carboxylic acids is 1. The van der Waals surface area contributed by atoms with E-state index in [0.29, 0.717) is 11.3 Å². The Kier molecular flexibility index (Phi) is 7.38. The summed E-state index contributed by atoms with van der Waals surface area (Å²) >= 11 is 0. The lowest BCUT2D eigenvalue weighted by atomic mass is 9.91. The fourth-order valence-corrected chi connectivity index (χ4v) is 3.53. The lowest BCUT2D eigenvalue weighted by Crippen LogP contribution is -2.11. The number of aryl methyl sites for hydroxylation is 2. The number of fused-ring (bicyclic) bond motifs is 1. The van der Waals surface area contributed by atoms with Crippen LogP contribution in [0.2, 0.25) is 0 Å². The predicted octanol–water partition coefficient (Wildman–Crippen LogP) is 4.64. The normalized spacial score (nSPS) is 12.1. The minimum Gasteiger partial charge on any atom is -0.465 e. The van der Waals surface area contributed by atoms with Crippen molar-refractivity contribution in [2.75, 3.05) is 31.4 Å². The summed E-state index contributed by atoms with van der Waals surface area (Å²) < 4.78 is 4.57. The maximum Gasteiger partial charge on any atom is 0.340 e. The van der Waals surface area contributed by atoms with Crippen LogP contribution in [0.4, 0.5) is 17.1 Å². The number of methoxy groups -OCH3 is 1. The molecule has 0 amide bonds. The van der Waals surface area contributed by atoms with Gasteiger partial charge in [-0.1, -0.05) is 6.07 Å². The summed E-state index contributed by atoms with van der Waals surface area (Å²) in [6.07, 6.45) is 11.9. The molecule has 0 bridgehead atoms. The molecular weight excluding hydrogens is 376 g/mol. The van der Waals surface area contributed by atoms with Crippen LogP contribution in [-0.2, 0) is 17.6 Å². The molecule has 0 fully saturated rings. The van der Waals surface area contributed by atoms with E-state index in [1.54, 1.807) is 25.5 Å². The second-order valence-electron chi connectivity index (χ2n) is 7.09. The molecule has 0 unspecified atom stereocenters. The molecule has 0 saturated carbocycles. The van der Waals surface area contributed by atoms with E-state index < -0.39 is 0 Å². The number of aromatic nitrogens is 2. The number of hydrogen-bond acceptors (Lipinski definition) is 6. The van der Waals surface area contributed by atoms with Crippen molar-refractivity contribution in [2.24, 2.45) is 0 Å². The van der Waals surface area contributed by atoms with E-state index in [1.807, 2.05) is 24.5 Å². The maximum atomic E-state index is 11.1. The summed E-state index contributed by atoms with van der Waals surface area (Å²) in [5.74, 6) is -0.359. The van der Waals surface area contributed by atoms with Gasteiger partial charge in [-0.05, 0) is 67.1 Å². The third kappa shape index (κ3) is 5.14. The second-order valence-corrected chi connectivity index (χ2v) is 7.09. The van der Waals surface area contributed by atoms with Gasteiger partial charge in [-0.3, -0.25) is 9.97 Å². The number of pyridine rings is 2. The Balaban J connectivity index is 0.000000187. The molecule has 2 aromatic heterocycles. The molecule has 30 heavy (non-hydrogen) atoms. The van der Waals surface area contributed by atoms with Crippen LogP contribution in [0.25, 0.3) is 0 Å². The summed E-state index contributed by atoms with van der Waals surface area (Å²) in [5.41, 5.74) is 6.68. The van der Waals surface area contributed by atoms with Gasteiger partial charge in [-0.15, -0.1) is 0 Å². The highest BCUT2D eigenvalue weighted by molar-refractivity contribution is 5.95. The number of carbonyl (C=O) groups is 1. The Bertz CT molecular complexity index is 976. The highest BCUT2D eigenvalue weighted by Gasteiger charge is 2.12. The standard InChI is InChI=1S/C16H18N2.C8H10N2O2/c1-18(15-8-10-17-11-9-15)16-7-6-13-4-2-3-5-14(13)12-16;1-9-7-5-10-4-3-6(7)8(11)12-2/h6-12H,2-5H2,1H3;3-5,9H,1-2H3. The van der Waals surface area contributed by atoms with Crippen molar-refractivity contribution in [3.05, 3.63) is 77.9 Å². The van der Waals surface area contributed by atoms with E-state index in [9.17, 15) is 4.79 Å². The van der Waals surface area contributed by atoms with Crippen LogP contribution >= 0.6 is 0 Å². The Labute approximate surface area is 177 Å². The van der Waals surface area contributed by atoms with E-state index in [0.717, 1.165) is 0 Å². The van der Waals surface area contributed by atoms with E-state index in [-0.39, 0.29) is 5.97 Å².